The van der Waals surface area contributed by atoms with Crippen LogP contribution < -0.4 is 4.90 Å². The Labute approximate surface area is 404 Å². The van der Waals surface area contributed by atoms with Crippen LogP contribution in [0.3, 0.4) is 0 Å². The monoisotopic (exact) mass is 891 g/mol. The second-order valence-electron chi connectivity index (χ2n) is 18.4. The molecule has 1 nitrogen and oxygen atoms in total. The molecular weight excluding hydrogens is 827 g/mol. The maximum absolute atomic E-state index is 2.48. The van der Waals surface area contributed by atoms with Crippen LogP contribution in [0.2, 0.25) is 0 Å². The third-order valence-electron chi connectivity index (χ3n) is 14.2. The largest absolute Gasteiger partial charge is 0.310 e. The van der Waals surface area contributed by atoms with Gasteiger partial charge in [-0.05, 0) is 179 Å². The Morgan fingerprint density at radius 1 is 0.522 bits per heavy atom. The van der Waals surface area contributed by atoms with Gasteiger partial charge in [0.2, 0.25) is 0 Å². The summed E-state index contributed by atoms with van der Waals surface area (Å²) in [6, 6.07) is 55.1. The van der Waals surface area contributed by atoms with E-state index in [9.17, 15) is 0 Å². The van der Waals surface area contributed by atoms with Gasteiger partial charge in [0.25, 0.3) is 0 Å². The maximum Gasteiger partial charge on any atom is 0.0543 e. The van der Waals surface area contributed by atoms with Crippen LogP contribution in [-0.2, 0) is 11.8 Å². The lowest BCUT2D eigenvalue weighted by Gasteiger charge is -2.30. The van der Waals surface area contributed by atoms with Crippen molar-refractivity contribution < 1.29 is 0 Å². The van der Waals surface area contributed by atoms with E-state index < -0.39 is 0 Å². The number of nitrogens with zero attached hydrogens (tertiary/aromatic N) is 1. The molecule has 7 aromatic carbocycles. The third-order valence-corrected chi connectivity index (χ3v) is 15.5. The minimum atomic E-state index is 0.0722. The fourth-order valence-electron chi connectivity index (χ4n) is 10.8. The molecule has 67 heavy (non-hydrogen) atoms. The Bertz CT molecular complexity index is 3180. The van der Waals surface area contributed by atoms with Crippen LogP contribution in [0.5, 0.6) is 0 Å². The molecule has 0 aliphatic heterocycles. The molecule has 1 heterocycles. The smallest absolute Gasteiger partial charge is 0.0543 e. The Balaban J connectivity index is 0.00000137. The molecule has 0 spiro atoms. The van der Waals surface area contributed by atoms with Crippen molar-refractivity contribution in [1.82, 2.24) is 0 Å². The molecular formula is C65H65NS. The van der Waals surface area contributed by atoms with Crippen LogP contribution in [0.15, 0.2) is 169 Å². The van der Waals surface area contributed by atoms with Crippen molar-refractivity contribution in [2.24, 2.45) is 0 Å². The van der Waals surface area contributed by atoms with E-state index in [1.165, 1.54) is 118 Å². The van der Waals surface area contributed by atoms with Crippen LogP contribution in [0.4, 0.5) is 17.1 Å². The van der Waals surface area contributed by atoms with Gasteiger partial charge in [-0.15, -0.1) is 11.3 Å². The number of rotatable bonds is 7. The van der Waals surface area contributed by atoms with Crippen LogP contribution in [0.25, 0.3) is 66.2 Å². The highest BCUT2D eigenvalue weighted by Crippen LogP contribution is 2.51. The van der Waals surface area contributed by atoms with Crippen LogP contribution in [0.1, 0.15) is 105 Å². The van der Waals surface area contributed by atoms with Crippen molar-refractivity contribution in [1.29, 1.82) is 0 Å². The average molecular weight is 892 g/mol. The number of hydrogen-bond acceptors (Lipinski definition) is 2. The lowest BCUT2D eigenvalue weighted by molar-refractivity contribution is 0.607. The molecule has 3 aliphatic rings. The van der Waals surface area contributed by atoms with Gasteiger partial charge in [-0.2, -0.15) is 0 Å². The molecule has 0 N–H and O–H groups in total. The molecule has 0 bridgehead atoms. The molecule has 8 aromatic rings. The first-order valence-corrected chi connectivity index (χ1v) is 25.6. The Kier molecular flexibility index (Phi) is 13.2. The summed E-state index contributed by atoms with van der Waals surface area (Å²) < 4.78 is 1.38. The number of allylic oxidation sites excluding steroid dienone is 5. The van der Waals surface area contributed by atoms with Crippen molar-refractivity contribution in [2.75, 3.05) is 4.90 Å². The van der Waals surface area contributed by atoms with Gasteiger partial charge in [-0.25, -0.2) is 0 Å². The summed E-state index contributed by atoms with van der Waals surface area (Å²) in [5.41, 5.74) is 24.6. The molecule has 0 saturated heterocycles. The van der Waals surface area contributed by atoms with Gasteiger partial charge >= 0.3 is 0 Å². The Hall–Kier alpha value is -6.48. The number of hydrogen-bond donors (Lipinski definition) is 0. The fraction of sp³-hybridized carbons (Fsp3) is 0.231. The van der Waals surface area contributed by atoms with Gasteiger partial charge < -0.3 is 4.90 Å². The molecule has 3 aliphatic carbocycles. The van der Waals surface area contributed by atoms with E-state index in [1.54, 1.807) is 5.57 Å². The maximum atomic E-state index is 2.48. The van der Waals surface area contributed by atoms with Crippen LogP contribution in [0, 0.1) is 20.8 Å². The molecule has 0 unspecified atom stereocenters. The van der Waals surface area contributed by atoms with Gasteiger partial charge in [-0.3, -0.25) is 0 Å². The molecule has 2 heteroatoms. The van der Waals surface area contributed by atoms with Crippen molar-refractivity contribution in [3.05, 3.63) is 208 Å². The number of fused-ring (bicyclic) bond motifs is 5. The van der Waals surface area contributed by atoms with Crippen molar-refractivity contribution in [2.45, 2.75) is 99.8 Å². The zero-order valence-electron chi connectivity index (χ0n) is 41.1. The highest BCUT2D eigenvalue weighted by molar-refractivity contribution is 7.19. The number of thiophene rings is 1. The van der Waals surface area contributed by atoms with Gasteiger partial charge in [0, 0.05) is 31.9 Å². The predicted octanol–water partition coefficient (Wildman–Crippen LogP) is 19.8. The van der Waals surface area contributed by atoms with Gasteiger partial charge in [0.15, 0.2) is 0 Å². The van der Waals surface area contributed by atoms with Crippen LogP contribution >= 0.6 is 11.3 Å². The summed E-state index contributed by atoms with van der Waals surface area (Å²) in [7, 11) is 0. The number of benzene rings is 7. The van der Waals surface area contributed by atoms with Crippen molar-refractivity contribution >= 4 is 50.1 Å². The minimum Gasteiger partial charge on any atom is -0.310 e. The molecule has 11 rings (SSSR count). The second kappa shape index (κ2) is 19.4. The minimum absolute atomic E-state index is 0.0722. The van der Waals surface area contributed by atoms with Gasteiger partial charge in [0.05, 0.1) is 5.69 Å². The standard InChI is InChI=1S/C61H53NS.2C2H6/c1-39-15-9-11-17-48(39)50-34-36-57(60(41(50)3)49-18-12-10-16-40(49)2)62(47-31-25-43(26-32-47)45-27-33-53-52-20-7-6-8-22-58(52)63-59(53)38-45)46-29-23-42(24-30-46)44-28-35-56-54(37-44)51-19-13-14-21-55(51)61(56,4)5;2*1-2/h7,9-13,15-20,23-38H,6,8,14,21-22H2,1-5H3;2*1-2H3. The first kappa shape index (κ1) is 45.7. The average Bonchev–Trinajstić information content (AvgIpc) is 3.70. The first-order valence-electron chi connectivity index (χ1n) is 24.8. The van der Waals surface area contributed by atoms with Crippen LogP contribution in [-0.4, -0.2) is 0 Å². The van der Waals surface area contributed by atoms with Gasteiger partial charge in [0.1, 0.15) is 0 Å². The van der Waals surface area contributed by atoms with Crippen molar-refractivity contribution in [3.8, 4) is 44.5 Å². The summed E-state index contributed by atoms with van der Waals surface area (Å²) >= 11 is 1.97. The highest BCUT2D eigenvalue weighted by atomic mass is 32.1. The third kappa shape index (κ3) is 8.36. The number of aryl methyl sites for hydroxylation is 3. The SMILES string of the molecule is CC.CC.Cc1ccccc1-c1ccc(N(c2ccc(-c3ccc4c(c3)C3=C(CCC=C3)C4(C)C)cc2)c2ccc(-c3ccc4c5c(sc4c3)CCCC=C5)cc2)c(-c2ccccc2C)c1C. The van der Waals surface area contributed by atoms with Crippen molar-refractivity contribution in [3.63, 3.8) is 0 Å². The van der Waals surface area contributed by atoms with E-state index in [4.69, 9.17) is 0 Å². The topological polar surface area (TPSA) is 3.24 Å². The summed E-state index contributed by atoms with van der Waals surface area (Å²) in [5.74, 6) is 0. The normalized spacial score (nSPS) is 14.3. The Morgan fingerprint density at radius 3 is 1.79 bits per heavy atom. The first-order chi connectivity index (χ1) is 32.7. The molecule has 0 saturated carbocycles. The molecule has 336 valence electrons. The van der Waals surface area contributed by atoms with E-state index in [0.717, 1.165) is 29.9 Å². The lowest BCUT2D eigenvalue weighted by Crippen LogP contribution is -2.17. The van der Waals surface area contributed by atoms with Gasteiger partial charge in [-0.1, -0.05) is 175 Å². The molecule has 0 amide bonds. The summed E-state index contributed by atoms with van der Waals surface area (Å²) in [6.07, 6.45) is 15.3. The molecule has 0 fully saturated rings. The molecule has 0 atom stereocenters. The molecule has 1 aromatic heterocycles. The van der Waals surface area contributed by atoms with E-state index in [1.807, 2.05) is 39.0 Å². The Morgan fingerprint density at radius 2 is 1.12 bits per heavy atom. The lowest BCUT2D eigenvalue weighted by atomic mass is 9.78. The van der Waals surface area contributed by atoms with E-state index >= 15 is 0 Å². The second-order valence-corrected chi connectivity index (χ2v) is 19.5. The zero-order chi connectivity index (χ0) is 46.8. The summed E-state index contributed by atoms with van der Waals surface area (Å²) in [4.78, 5) is 4.00. The van der Waals surface area contributed by atoms with E-state index in [-0.39, 0.29) is 5.41 Å². The highest BCUT2D eigenvalue weighted by Gasteiger charge is 2.37. The summed E-state index contributed by atoms with van der Waals surface area (Å²) in [5, 5.41) is 1.38. The van der Waals surface area contributed by atoms with E-state index in [2.05, 4.69) is 209 Å². The number of anilines is 3. The quantitative estimate of drug-likeness (QED) is 0.154. The summed E-state index contributed by atoms with van der Waals surface area (Å²) in [6.45, 7) is 19.6. The predicted molar refractivity (Wildman–Crippen MR) is 295 cm³/mol. The fourth-order valence-corrected chi connectivity index (χ4v) is 12.1. The zero-order valence-corrected chi connectivity index (χ0v) is 41.9. The van der Waals surface area contributed by atoms with E-state index in [0.29, 0.717) is 0 Å². The molecule has 0 radical (unpaired) electrons.